The normalized spacial score (nSPS) is 10.8. The standard InChI is InChI=1S/C20H19ClN2O/c1-3-7-18(24)15-12-22-19-13(2)8-6-9-14(19)20(15)23-17-11-5-4-10-16(17)21/h4-6,8-12H,3,7H2,1-2H3,(H,22,23). The third kappa shape index (κ3) is 3.13. The molecule has 0 aliphatic rings. The summed E-state index contributed by atoms with van der Waals surface area (Å²) < 4.78 is 0. The Balaban J connectivity index is 2.21. The van der Waals surface area contributed by atoms with E-state index in [2.05, 4.69) is 10.3 Å². The number of rotatable bonds is 5. The Labute approximate surface area is 146 Å². The van der Waals surface area contributed by atoms with E-state index in [0.29, 0.717) is 17.0 Å². The van der Waals surface area contributed by atoms with Crippen LogP contribution in [0.3, 0.4) is 0 Å². The number of aromatic nitrogens is 1. The van der Waals surface area contributed by atoms with Crippen LogP contribution in [0.25, 0.3) is 10.9 Å². The maximum absolute atomic E-state index is 12.6. The Hall–Kier alpha value is -2.39. The number of nitrogens with one attached hydrogen (secondary N) is 1. The van der Waals surface area contributed by atoms with Gasteiger partial charge in [0.2, 0.25) is 0 Å². The molecular formula is C20H19ClN2O. The number of pyridine rings is 1. The summed E-state index contributed by atoms with van der Waals surface area (Å²) in [5.41, 5.74) is 4.12. The zero-order valence-electron chi connectivity index (χ0n) is 13.8. The predicted octanol–water partition coefficient (Wildman–Crippen LogP) is 5.92. The molecule has 2 aromatic carbocycles. The van der Waals surface area contributed by atoms with Gasteiger partial charge in [0.15, 0.2) is 5.78 Å². The highest BCUT2D eigenvalue weighted by atomic mass is 35.5. The largest absolute Gasteiger partial charge is 0.353 e. The van der Waals surface area contributed by atoms with E-state index in [1.807, 2.05) is 56.3 Å². The monoisotopic (exact) mass is 338 g/mol. The van der Waals surface area contributed by atoms with E-state index in [4.69, 9.17) is 11.6 Å². The molecule has 1 heterocycles. The molecular weight excluding hydrogens is 320 g/mol. The van der Waals surface area contributed by atoms with Crippen LogP contribution in [0.15, 0.2) is 48.7 Å². The summed E-state index contributed by atoms with van der Waals surface area (Å²) in [6.45, 7) is 4.01. The summed E-state index contributed by atoms with van der Waals surface area (Å²) in [6, 6.07) is 13.5. The molecule has 4 heteroatoms. The van der Waals surface area contributed by atoms with Crippen LogP contribution in [0.5, 0.6) is 0 Å². The zero-order valence-corrected chi connectivity index (χ0v) is 14.5. The molecule has 1 N–H and O–H groups in total. The molecule has 0 fully saturated rings. The molecule has 0 unspecified atom stereocenters. The van der Waals surface area contributed by atoms with Gasteiger partial charge in [0, 0.05) is 18.0 Å². The average molecular weight is 339 g/mol. The van der Waals surface area contributed by atoms with Gasteiger partial charge in [-0.1, -0.05) is 48.9 Å². The first kappa shape index (κ1) is 16.5. The van der Waals surface area contributed by atoms with Crippen molar-refractivity contribution in [2.24, 2.45) is 0 Å². The molecule has 0 radical (unpaired) electrons. The highest BCUT2D eigenvalue weighted by molar-refractivity contribution is 6.33. The minimum atomic E-state index is 0.0861. The van der Waals surface area contributed by atoms with Gasteiger partial charge in [-0.15, -0.1) is 0 Å². The van der Waals surface area contributed by atoms with Gasteiger partial charge in [-0.25, -0.2) is 0 Å². The van der Waals surface area contributed by atoms with Gasteiger partial charge in [-0.2, -0.15) is 0 Å². The lowest BCUT2D eigenvalue weighted by atomic mass is 10.0. The summed E-state index contributed by atoms with van der Waals surface area (Å²) in [6.07, 6.45) is 2.97. The number of ketones is 1. The molecule has 0 aliphatic heterocycles. The lowest BCUT2D eigenvalue weighted by Gasteiger charge is -2.16. The number of fused-ring (bicyclic) bond motifs is 1. The number of nitrogens with zero attached hydrogens (tertiary/aromatic N) is 1. The van der Waals surface area contributed by atoms with Gasteiger partial charge < -0.3 is 5.32 Å². The van der Waals surface area contributed by atoms with Gasteiger partial charge in [0.1, 0.15) is 0 Å². The second-order valence-electron chi connectivity index (χ2n) is 5.80. The Morgan fingerprint density at radius 3 is 2.71 bits per heavy atom. The molecule has 0 saturated carbocycles. The van der Waals surface area contributed by atoms with Crippen molar-refractivity contribution in [3.05, 3.63) is 64.8 Å². The fourth-order valence-electron chi connectivity index (χ4n) is 2.78. The molecule has 0 aliphatic carbocycles. The van der Waals surface area contributed by atoms with Crippen LogP contribution in [-0.4, -0.2) is 10.8 Å². The van der Waals surface area contributed by atoms with Crippen LogP contribution in [-0.2, 0) is 0 Å². The number of anilines is 2. The third-order valence-electron chi connectivity index (χ3n) is 4.01. The average Bonchev–Trinajstić information content (AvgIpc) is 2.58. The molecule has 0 atom stereocenters. The van der Waals surface area contributed by atoms with E-state index >= 15 is 0 Å². The van der Waals surface area contributed by atoms with Crippen LogP contribution in [0.4, 0.5) is 11.4 Å². The lowest BCUT2D eigenvalue weighted by molar-refractivity contribution is 0.0982. The topological polar surface area (TPSA) is 42.0 Å². The van der Waals surface area contributed by atoms with Crippen molar-refractivity contribution in [2.75, 3.05) is 5.32 Å². The number of halogens is 1. The van der Waals surface area contributed by atoms with Crippen molar-refractivity contribution >= 4 is 39.7 Å². The highest BCUT2D eigenvalue weighted by Crippen LogP contribution is 2.33. The first-order valence-corrected chi connectivity index (χ1v) is 8.42. The van der Waals surface area contributed by atoms with Gasteiger partial charge in [-0.05, 0) is 31.0 Å². The first-order chi connectivity index (χ1) is 11.6. The molecule has 3 rings (SSSR count). The van der Waals surface area contributed by atoms with Crippen molar-refractivity contribution in [1.29, 1.82) is 0 Å². The summed E-state index contributed by atoms with van der Waals surface area (Å²) in [7, 11) is 0. The number of benzene rings is 2. The van der Waals surface area contributed by atoms with Gasteiger partial charge >= 0.3 is 0 Å². The number of hydrogen-bond acceptors (Lipinski definition) is 3. The predicted molar refractivity (Wildman–Crippen MR) is 100 cm³/mol. The van der Waals surface area contributed by atoms with E-state index in [1.54, 1.807) is 6.20 Å². The van der Waals surface area contributed by atoms with Gasteiger partial charge in [0.25, 0.3) is 0 Å². The van der Waals surface area contributed by atoms with Gasteiger partial charge in [-0.3, -0.25) is 9.78 Å². The molecule has 0 saturated heterocycles. The van der Waals surface area contributed by atoms with Crippen LogP contribution < -0.4 is 5.32 Å². The number of carbonyl (C=O) groups is 1. The Morgan fingerprint density at radius 2 is 1.96 bits per heavy atom. The van der Waals surface area contributed by atoms with Crippen molar-refractivity contribution in [3.8, 4) is 0 Å². The van der Waals surface area contributed by atoms with E-state index < -0.39 is 0 Å². The Kier molecular flexibility index (Phi) is 4.81. The molecule has 0 amide bonds. The van der Waals surface area contributed by atoms with Crippen LogP contribution in [0.2, 0.25) is 5.02 Å². The summed E-state index contributed by atoms with van der Waals surface area (Å²) in [5, 5.41) is 4.90. The zero-order chi connectivity index (χ0) is 17.1. The van der Waals surface area contributed by atoms with Crippen LogP contribution in [0.1, 0.15) is 35.7 Å². The second kappa shape index (κ2) is 7.02. The minimum absolute atomic E-state index is 0.0861. The number of carbonyl (C=O) groups excluding carboxylic acids is 1. The maximum Gasteiger partial charge on any atom is 0.166 e. The first-order valence-electron chi connectivity index (χ1n) is 8.05. The molecule has 1 aromatic heterocycles. The molecule has 3 nitrogen and oxygen atoms in total. The number of hydrogen-bond donors (Lipinski definition) is 1. The third-order valence-corrected chi connectivity index (χ3v) is 4.34. The second-order valence-corrected chi connectivity index (χ2v) is 6.20. The fraction of sp³-hybridized carbons (Fsp3) is 0.200. The van der Waals surface area contributed by atoms with E-state index in [-0.39, 0.29) is 5.78 Å². The van der Waals surface area contributed by atoms with Crippen molar-refractivity contribution in [3.63, 3.8) is 0 Å². The molecule has 0 bridgehead atoms. The number of Topliss-reactive ketones (excluding diaryl/α,β-unsaturated/α-hetero) is 1. The Bertz CT molecular complexity index is 905. The minimum Gasteiger partial charge on any atom is -0.353 e. The smallest absolute Gasteiger partial charge is 0.166 e. The molecule has 24 heavy (non-hydrogen) atoms. The molecule has 122 valence electrons. The number of para-hydroxylation sites is 2. The fourth-order valence-corrected chi connectivity index (χ4v) is 2.96. The summed E-state index contributed by atoms with van der Waals surface area (Å²) >= 11 is 6.29. The molecule has 3 aromatic rings. The van der Waals surface area contributed by atoms with Crippen molar-refractivity contribution < 1.29 is 4.79 Å². The van der Waals surface area contributed by atoms with Crippen molar-refractivity contribution in [1.82, 2.24) is 4.98 Å². The van der Waals surface area contributed by atoms with Crippen molar-refractivity contribution in [2.45, 2.75) is 26.7 Å². The highest BCUT2D eigenvalue weighted by Gasteiger charge is 2.16. The van der Waals surface area contributed by atoms with Crippen LogP contribution >= 0.6 is 11.6 Å². The quantitative estimate of drug-likeness (QED) is 0.587. The summed E-state index contributed by atoms with van der Waals surface area (Å²) in [4.78, 5) is 17.1. The van der Waals surface area contributed by atoms with Gasteiger partial charge in [0.05, 0.1) is 27.5 Å². The number of aryl methyl sites for hydroxylation is 1. The van der Waals surface area contributed by atoms with E-state index in [0.717, 1.165) is 34.3 Å². The SMILES string of the molecule is CCCC(=O)c1cnc2c(C)cccc2c1Nc1ccccc1Cl. The van der Waals surface area contributed by atoms with E-state index in [9.17, 15) is 4.79 Å². The van der Waals surface area contributed by atoms with E-state index in [1.165, 1.54) is 0 Å². The lowest BCUT2D eigenvalue weighted by Crippen LogP contribution is -2.06. The Morgan fingerprint density at radius 1 is 1.17 bits per heavy atom. The maximum atomic E-state index is 12.6. The summed E-state index contributed by atoms with van der Waals surface area (Å²) in [5.74, 6) is 0.0861. The van der Waals surface area contributed by atoms with Crippen LogP contribution in [0, 0.1) is 6.92 Å². The molecule has 0 spiro atoms.